The number of aliphatic carboxylic acids is 1. The number of hydrogen-bond donors (Lipinski definition) is 2. The monoisotopic (exact) mass is 251 g/mol. The van der Waals surface area contributed by atoms with E-state index in [0.717, 1.165) is 11.4 Å². The van der Waals surface area contributed by atoms with Crippen molar-refractivity contribution in [2.24, 2.45) is 0 Å². The van der Waals surface area contributed by atoms with Crippen LogP contribution in [0.15, 0.2) is 6.07 Å². The van der Waals surface area contributed by atoms with Gasteiger partial charge in [-0.3, -0.25) is 0 Å². The van der Waals surface area contributed by atoms with Gasteiger partial charge in [0.2, 0.25) is 5.95 Å². The molecule has 0 radical (unpaired) electrons. The molecule has 0 bridgehead atoms. The van der Waals surface area contributed by atoms with Gasteiger partial charge in [-0.2, -0.15) is 0 Å². The van der Waals surface area contributed by atoms with E-state index in [4.69, 9.17) is 0 Å². The summed E-state index contributed by atoms with van der Waals surface area (Å²) in [5.74, 6) is -0.239. The second-order valence-electron chi connectivity index (χ2n) is 5.03. The standard InChI is InChI=1S/C13H21N3O2/c1-6-13(5,11(17)18)16-12-14-9(4)7-10(15-12)8(2)3/h7-8H,6H2,1-5H3,(H,17,18)(H,14,15,16). The number of anilines is 1. The number of nitrogens with zero attached hydrogens (tertiary/aromatic N) is 2. The van der Waals surface area contributed by atoms with Crippen LogP contribution < -0.4 is 5.32 Å². The third-order valence-corrected chi connectivity index (χ3v) is 3.03. The lowest BCUT2D eigenvalue weighted by molar-refractivity contribution is -0.141. The van der Waals surface area contributed by atoms with Gasteiger partial charge >= 0.3 is 5.97 Å². The normalized spacial score (nSPS) is 14.3. The predicted molar refractivity (Wildman–Crippen MR) is 70.8 cm³/mol. The molecule has 2 N–H and O–H groups in total. The topological polar surface area (TPSA) is 75.1 Å². The zero-order valence-electron chi connectivity index (χ0n) is 11.6. The molecule has 1 unspecified atom stereocenters. The summed E-state index contributed by atoms with van der Waals surface area (Å²) in [5.41, 5.74) is 0.705. The number of nitrogens with one attached hydrogen (secondary N) is 1. The van der Waals surface area contributed by atoms with E-state index < -0.39 is 11.5 Å². The molecule has 5 heteroatoms. The summed E-state index contributed by atoms with van der Waals surface area (Å²) in [6.07, 6.45) is 0.455. The molecule has 0 aliphatic carbocycles. The zero-order valence-corrected chi connectivity index (χ0v) is 11.6. The molecule has 0 saturated heterocycles. The number of carboxylic acid groups (broad SMARTS) is 1. The van der Waals surface area contributed by atoms with Crippen LogP contribution in [-0.2, 0) is 4.79 Å². The first kappa shape index (κ1) is 14.4. The highest BCUT2D eigenvalue weighted by molar-refractivity contribution is 5.81. The van der Waals surface area contributed by atoms with E-state index in [9.17, 15) is 9.90 Å². The smallest absolute Gasteiger partial charge is 0.329 e. The van der Waals surface area contributed by atoms with Crippen molar-refractivity contribution in [1.29, 1.82) is 0 Å². The first-order valence-corrected chi connectivity index (χ1v) is 6.15. The Hall–Kier alpha value is -1.65. The maximum atomic E-state index is 11.2. The third kappa shape index (κ3) is 3.18. The third-order valence-electron chi connectivity index (χ3n) is 3.03. The second kappa shape index (κ2) is 5.33. The first-order chi connectivity index (χ1) is 8.28. The summed E-state index contributed by atoms with van der Waals surface area (Å²) in [4.78, 5) is 19.9. The van der Waals surface area contributed by atoms with E-state index in [1.54, 1.807) is 6.92 Å². The molecule has 0 aromatic carbocycles. The van der Waals surface area contributed by atoms with Crippen molar-refractivity contribution < 1.29 is 9.90 Å². The molecule has 0 aliphatic heterocycles. The highest BCUT2D eigenvalue weighted by Gasteiger charge is 2.31. The average molecular weight is 251 g/mol. The number of carboxylic acids is 1. The van der Waals surface area contributed by atoms with Crippen LogP contribution in [0, 0.1) is 6.92 Å². The van der Waals surface area contributed by atoms with Crippen molar-refractivity contribution in [3.8, 4) is 0 Å². The Morgan fingerprint density at radius 1 is 1.50 bits per heavy atom. The Morgan fingerprint density at radius 2 is 2.11 bits per heavy atom. The molecule has 100 valence electrons. The molecule has 1 heterocycles. The molecule has 18 heavy (non-hydrogen) atoms. The average Bonchev–Trinajstić information content (AvgIpc) is 2.27. The van der Waals surface area contributed by atoms with Crippen LogP contribution in [0.2, 0.25) is 0 Å². The molecule has 0 saturated carbocycles. The van der Waals surface area contributed by atoms with Gasteiger partial charge in [-0.1, -0.05) is 20.8 Å². The lowest BCUT2D eigenvalue weighted by Crippen LogP contribution is -2.43. The molecular formula is C13H21N3O2. The van der Waals surface area contributed by atoms with E-state index in [1.807, 2.05) is 33.8 Å². The fourth-order valence-corrected chi connectivity index (χ4v) is 1.48. The highest BCUT2D eigenvalue weighted by Crippen LogP contribution is 2.19. The van der Waals surface area contributed by atoms with Crippen LogP contribution in [0.4, 0.5) is 5.95 Å². The Morgan fingerprint density at radius 3 is 2.56 bits per heavy atom. The van der Waals surface area contributed by atoms with Crippen molar-refractivity contribution in [2.75, 3.05) is 5.32 Å². The molecule has 1 rings (SSSR count). The van der Waals surface area contributed by atoms with Crippen LogP contribution in [0.3, 0.4) is 0 Å². The maximum Gasteiger partial charge on any atom is 0.329 e. The van der Waals surface area contributed by atoms with Crippen molar-refractivity contribution in [3.63, 3.8) is 0 Å². The molecule has 0 aliphatic rings. The summed E-state index contributed by atoms with van der Waals surface area (Å²) in [7, 11) is 0. The van der Waals surface area contributed by atoms with Crippen molar-refractivity contribution in [3.05, 3.63) is 17.5 Å². The quantitative estimate of drug-likeness (QED) is 0.841. The van der Waals surface area contributed by atoms with Gasteiger partial charge in [-0.05, 0) is 32.3 Å². The fourth-order valence-electron chi connectivity index (χ4n) is 1.48. The second-order valence-corrected chi connectivity index (χ2v) is 5.03. The van der Waals surface area contributed by atoms with Gasteiger partial charge < -0.3 is 10.4 Å². The number of rotatable bonds is 5. The van der Waals surface area contributed by atoms with E-state index >= 15 is 0 Å². The molecule has 1 aromatic rings. The first-order valence-electron chi connectivity index (χ1n) is 6.15. The van der Waals surface area contributed by atoms with Gasteiger partial charge in [-0.15, -0.1) is 0 Å². The van der Waals surface area contributed by atoms with E-state index in [0.29, 0.717) is 12.4 Å². The number of aryl methyl sites for hydroxylation is 1. The summed E-state index contributed by atoms with van der Waals surface area (Å²) < 4.78 is 0. The molecule has 0 spiro atoms. The van der Waals surface area contributed by atoms with Gasteiger partial charge in [-0.25, -0.2) is 14.8 Å². The van der Waals surface area contributed by atoms with Crippen LogP contribution in [0.25, 0.3) is 0 Å². The van der Waals surface area contributed by atoms with Gasteiger partial charge in [0.15, 0.2) is 0 Å². The Bertz CT molecular complexity index is 446. The zero-order chi connectivity index (χ0) is 13.9. The minimum atomic E-state index is -1.04. The summed E-state index contributed by atoms with van der Waals surface area (Å²) in [6.45, 7) is 9.42. The van der Waals surface area contributed by atoms with Crippen molar-refractivity contribution in [2.45, 2.75) is 52.5 Å². The van der Waals surface area contributed by atoms with Crippen molar-refractivity contribution >= 4 is 11.9 Å². The molecule has 0 amide bonds. The van der Waals surface area contributed by atoms with E-state index in [-0.39, 0.29) is 5.92 Å². The highest BCUT2D eigenvalue weighted by atomic mass is 16.4. The summed E-state index contributed by atoms with van der Waals surface area (Å²) in [6, 6.07) is 1.92. The van der Waals surface area contributed by atoms with Crippen LogP contribution in [0.1, 0.15) is 51.4 Å². The SMILES string of the molecule is CCC(C)(Nc1nc(C)cc(C(C)C)n1)C(=O)O. The molecule has 5 nitrogen and oxygen atoms in total. The lowest BCUT2D eigenvalue weighted by Gasteiger charge is -2.25. The number of carbonyl (C=O) groups is 1. The van der Waals surface area contributed by atoms with E-state index in [2.05, 4.69) is 15.3 Å². The summed E-state index contributed by atoms with van der Waals surface area (Å²) >= 11 is 0. The predicted octanol–water partition coefficient (Wildman–Crippen LogP) is 2.57. The molecule has 1 aromatic heterocycles. The van der Waals surface area contributed by atoms with E-state index in [1.165, 1.54) is 0 Å². The lowest BCUT2D eigenvalue weighted by atomic mass is 10.00. The van der Waals surface area contributed by atoms with Gasteiger partial charge in [0.05, 0.1) is 0 Å². The number of hydrogen-bond acceptors (Lipinski definition) is 4. The number of aromatic nitrogens is 2. The Balaban J connectivity index is 3.07. The summed E-state index contributed by atoms with van der Waals surface area (Å²) in [5, 5.41) is 12.1. The van der Waals surface area contributed by atoms with Gasteiger partial charge in [0, 0.05) is 11.4 Å². The minimum absolute atomic E-state index is 0.282. The molecule has 0 fully saturated rings. The Kier molecular flexibility index (Phi) is 4.27. The van der Waals surface area contributed by atoms with Crippen LogP contribution in [0.5, 0.6) is 0 Å². The van der Waals surface area contributed by atoms with Gasteiger partial charge in [0.25, 0.3) is 0 Å². The molecular weight excluding hydrogens is 230 g/mol. The van der Waals surface area contributed by atoms with Crippen LogP contribution in [-0.4, -0.2) is 26.6 Å². The minimum Gasteiger partial charge on any atom is -0.480 e. The Labute approximate surface area is 108 Å². The van der Waals surface area contributed by atoms with Crippen molar-refractivity contribution in [1.82, 2.24) is 9.97 Å². The van der Waals surface area contributed by atoms with Crippen LogP contribution >= 0.6 is 0 Å². The maximum absolute atomic E-state index is 11.2. The fraction of sp³-hybridized carbons (Fsp3) is 0.615. The largest absolute Gasteiger partial charge is 0.480 e. The van der Waals surface area contributed by atoms with Gasteiger partial charge in [0.1, 0.15) is 5.54 Å². The molecule has 1 atom stereocenters.